The quantitative estimate of drug-likeness (QED) is 0.656. The summed E-state index contributed by atoms with van der Waals surface area (Å²) in [6.45, 7) is 7.21. The van der Waals surface area contributed by atoms with Crippen LogP contribution in [0.5, 0.6) is 0 Å². The van der Waals surface area contributed by atoms with Crippen LogP contribution in [0.1, 0.15) is 29.2 Å². The zero-order valence-electron chi connectivity index (χ0n) is 14.9. The van der Waals surface area contributed by atoms with E-state index >= 15 is 0 Å². The summed E-state index contributed by atoms with van der Waals surface area (Å²) in [5, 5.41) is 6.29. The number of rotatable bonds is 2. The van der Waals surface area contributed by atoms with Gasteiger partial charge in [-0.25, -0.2) is 4.68 Å². The van der Waals surface area contributed by atoms with Crippen molar-refractivity contribution >= 4 is 39.1 Å². The van der Waals surface area contributed by atoms with Crippen LogP contribution >= 0.6 is 22.9 Å². The van der Waals surface area contributed by atoms with Crippen LogP contribution in [0, 0.1) is 6.92 Å². The summed E-state index contributed by atoms with van der Waals surface area (Å²) in [6, 6.07) is 9.53. The maximum absolute atomic E-state index is 13.0. The lowest BCUT2D eigenvalue weighted by atomic mass is 10.2. The topological polar surface area (TPSA) is 47.4 Å². The third-order valence-corrected chi connectivity index (χ3v) is 5.85. The lowest BCUT2D eigenvalue weighted by Gasteiger charge is -2.35. The average molecular weight is 390 g/mol. The minimum absolute atomic E-state index is 0.0563. The fourth-order valence-electron chi connectivity index (χ4n) is 3.44. The number of carbonyl (C=O) groups is 1. The Kier molecular flexibility index (Phi) is 4.50. The van der Waals surface area contributed by atoms with Crippen molar-refractivity contribution in [2.45, 2.75) is 33.0 Å². The third-order valence-electron chi connectivity index (χ3n) is 4.52. The maximum Gasteiger partial charge on any atom is 0.264 e. The van der Waals surface area contributed by atoms with E-state index in [2.05, 4.69) is 5.10 Å². The molecule has 0 radical (unpaired) electrons. The monoisotopic (exact) mass is 389 g/mol. The van der Waals surface area contributed by atoms with Crippen LogP contribution in [0.15, 0.2) is 30.3 Å². The number of aryl methyl sites for hydroxylation is 1. The Hall–Kier alpha value is -1.89. The molecule has 0 bridgehead atoms. The van der Waals surface area contributed by atoms with E-state index in [1.165, 1.54) is 11.3 Å². The Morgan fingerprint density at radius 3 is 2.69 bits per heavy atom. The molecule has 3 aromatic rings. The molecular weight excluding hydrogens is 370 g/mol. The predicted octanol–water partition coefficient (Wildman–Crippen LogP) is 4.30. The summed E-state index contributed by atoms with van der Waals surface area (Å²) < 4.78 is 7.60. The first-order valence-electron chi connectivity index (χ1n) is 8.62. The minimum Gasteiger partial charge on any atom is -0.372 e. The Morgan fingerprint density at radius 1 is 1.27 bits per heavy atom. The molecule has 1 aromatic carbocycles. The van der Waals surface area contributed by atoms with Gasteiger partial charge in [-0.3, -0.25) is 4.79 Å². The summed E-state index contributed by atoms with van der Waals surface area (Å²) in [7, 11) is 0. The molecule has 0 spiro atoms. The molecule has 1 fully saturated rings. The summed E-state index contributed by atoms with van der Waals surface area (Å²) in [5.74, 6) is 0.0604. The highest BCUT2D eigenvalue weighted by atomic mass is 35.5. The molecule has 0 N–H and O–H groups in total. The van der Waals surface area contributed by atoms with Gasteiger partial charge in [0.1, 0.15) is 4.83 Å². The Morgan fingerprint density at radius 2 is 2.00 bits per heavy atom. The number of morpholine rings is 1. The van der Waals surface area contributed by atoms with Crippen LogP contribution in [-0.2, 0) is 4.74 Å². The summed E-state index contributed by atoms with van der Waals surface area (Å²) in [5.41, 5.74) is 1.80. The van der Waals surface area contributed by atoms with Gasteiger partial charge in [0.15, 0.2) is 0 Å². The number of aromatic nitrogens is 2. The number of halogens is 1. The van der Waals surface area contributed by atoms with Gasteiger partial charge in [-0.05, 0) is 45.0 Å². The molecule has 0 aliphatic carbocycles. The van der Waals surface area contributed by atoms with Gasteiger partial charge < -0.3 is 9.64 Å². The minimum atomic E-state index is 0.0563. The van der Waals surface area contributed by atoms with Crippen LogP contribution < -0.4 is 0 Å². The number of thiophene rings is 1. The summed E-state index contributed by atoms with van der Waals surface area (Å²) >= 11 is 7.60. The maximum atomic E-state index is 13.0. The summed E-state index contributed by atoms with van der Waals surface area (Å²) in [6.07, 6.45) is 0.113. The zero-order valence-corrected chi connectivity index (χ0v) is 16.5. The van der Waals surface area contributed by atoms with Crippen LogP contribution in [0.2, 0.25) is 5.02 Å². The second-order valence-corrected chi connectivity index (χ2v) is 8.24. The first-order chi connectivity index (χ1) is 12.4. The summed E-state index contributed by atoms with van der Waals surface area (Å²) in [4.78, 5) is 16.6. The van der Waals surface area contributed by atoms with Gasteiger partial charge in [-0.15, -0.1) is 11.3 Å². The van der Waals surface area contributed by atoms with Gasteiger partial charge in [0.25, 0.3) is 5.91 Å². The number of hydrogen-bond acceptors (Lipinski definition) is 4. The van der Waals surface area contributed by atoms with Crippen LogP contribution in [0.3, 0.4) is 0 Å². The van der Waals surface area contributed by atoms with E-state index in [0.29, 0.717) is 18.1 Å². The molecule has 26 heavy (non-hydrogen) atoms. The van der Waals surface area contributed by atoms with Crippen molar-refractivity contribution in [2.75, 3.05) is 13.1 Å². The average Bonchev–Trinajstić information content (AvgIpc) is 3.14. The zero-order chi connectivity index (χ0) is 18.4. The molecule has 5 nitrogen and oxygen atoms in total. The molecule has 1 aliphatic heterocycles. The van der Waals surface area contributed by atoms with Crippen molar-refractivity contribution in [1.82, 2.24) is 14.7 Å². The van der Waals surface area contributed by atoms with Crippen molar-refractivity contribution in [3.8, 4) is 5.69 Å². The largest absolute Gasteiger partial charge is 0.372 e. The van der Waals surface area contributed by atoms with Crippen LogP contribution in [0.25, 0.3) is 15.9 Å². The Balaban J connectivity index is 1.72. The standard InChI is InChI=1S/C19H20ClN3O2S/c1-11-9-22(10-12(2)25-11)18(24)17-8-16-13(3)21-23(19(16)26-17)15-6-4-5-14(20)7-15/h4-8,11-12H,9-10H2,1-3H3. The van der Waals surface area contributed by atoms with E-state index in [1.807, 2.05) is 60.7 Å². The molecule has 7 heteroatoms. The van der Waals surface area contributed by atoms with Crippen molar-refractivity contribution in [1.29, 1.82) is 0 Å². The first kappa shape index (κ1) is 17.5. The van der Waals surface area contributed by atoms with E-state index in [9.17, 15) is 4.79 Å². The number of fused-ring (bicyclic) bond motifs is 1. The number of benzene rings is 1. The number of ether oxygens (including phenoxy) is 1. The van der Waals surface area contributed by atoms with E-state index in [4.69, 9.17) is 16.3 Å². The molecule has 1 saturated heterocycles. The van der Waals surface area contributed by atoms with E-state index in [0.717, 1.165) is 26.5 Å². The second-order valence-electron chi connectivity index (χ2n) is 6.77. The van der Waals surface area contributed by atoms with Crippen LogP contribution in [0.4, 0.5) is 0 Å². The van der Waals surface area contributed by atoms with Gasteiger partial charge in [-0.2, -0.15) is 5.10 Å². The highest BCUT2D eigenvalue weighted by Crippen LogP contribution is 2.32. The lowest BCUT2D eigenvalue weighted by Crippen LogP contribution is -2.48. The fourth-order valence-corrected chi connectivity index (χ4v) is 4.77. The molecule has 136 valence electrons. The van der Waals surface area contributed by atoms with Gasteiger partial charge >= 0.3 is 0 Å². The molecule has 2 atom stereocenters. The predicted molar refractivity (Wildman–Crippen MR) is 105 cm³/mol. The molecule has 2 unspecified atom stereocenters. The molecule has 1 aliphatic rings. The first-order valence-corrected chi connectivity index (χ1v) is 9.81. The smallest absolute Gasteiger partial charge is 0.264 e. The normalized spacial score (nSPS) is 20.7. The third kappa shape index (κ3) is 3.13. The molecule has 1 amide bonds. The van der Waals surface area contributed by atoms with Crippen molar-refractivity contribution in [3.05, 3.63) is 45.9 Å². The van der Waals surface area contributed by atoms with Crippen molar-refractivity contribution < 1.29 is 9.53 Å². The van der Waals surface area contributed by atoms with Gasteiger partial charge in [0.05, 0.1) is 28.5 Å². The molecular formula is C19H20ClN3O2S. The molecule has 3 heterocycles. The van der Waals surface area contributed by atoms with E-state index in [1.54, 1.807) is 0 Å². The number of nitrogens with zero attached hydrogens (tertiary/aromatic N) is 3. The molecule has 4 rings (SSSR count). The SMILES string of the molecule is Cc1nn(-c2cccc(Cl)c2)c2sc(C(=O)N3CC(C)OC(C)C3)cc12. The van der Waals surface area contributed by atoms with Gasteiger partial charge in [0.2, 0.25) is 0 Å². The molecule has 0 saturated carbocycles. The Labute approximate surface area is 161 Å². The number of carbonyl (C=O) groups excluding carboxylic acids is 1. The number of hydrogen-bond donors (Lipinski definition) is 0. The lowest BCUT2D eigenvalue weighted by molar-refractivity contribution is -0.0585. The highest BCUT2D eigenvalue weighted by Gasteiger charge is 2.28. The number of amides is 1. The highest BCUT2D eigenvalue weighted by molar-refractivity contribution is 7.20. The van der Waals surface area contributed by atoms with Crippen LogP contribution in [-0.4, -0.2) is 45.9 Å². The fraction of sp³-hybridized carbons (Fsp3) is 0.368. The van der Waals surface area contributed by atoms with Gasteiger partial charge in [0, 0.05) is 23.5 Å². The Bertz CT molecular complexity index is 970. The van der Waals surface area contributed by atoms with E-state index < -0.39 is 0 Å². The van der Waals surface area contributed by atoms with Crippen molar-refractivity contribution in [2.24, 2.45) is 0 Å². The van der Waals surface area contributed by atoms with Crippen molar-refractivity contribution in [3.63, 3.8) is 0 Å². The second kappa shape index (κ2) is 6.68. The van der Waals surface area contributed by atoms with E-state index in [-0.39, 0.29) is 18.1 Å². The molecule has 2 aromatic heterocycles. The van der Waals surface area contributed by atoms with Gasteiger partial charge in [-0.1, -0.05) is 17.7 Å².